The Labute approximate surface area is 138 Å². The van der Waals surface area contributed by atoms with E-state index in [-0.39, 0.29) is 22.6 Å². The number of rotatable bonds is 2. The minimum atomic E-state index is -3.61. The SMILES string of the molecule is O=C(Nc1ccc(F)cc1)C1CCS(=O)(=O)c2ccccc2C1=O. The van der Waals surface area contributed by atoms with Gasteiger partial charge in [-0.25, -0.2) is 12.8 Å². The van der Waals surface area contributed by atoms with Crippen molar-refractivity contribution >= 4 is 27.2 Å². The van der Waals surface area contributed by atoms with Gasteiger partial charge in [0.1, 0.15) is 11.7 Å². The van der Waals surface area contributed by atoms with Gasteiger partial charge in [-0.05, 0) is 36.8 Å². The molecule has 2 aromatic carbocycles. The molecule has 24 heavy (non-hydrogen) atoms. The highest BCUT2D eigenvalue weighted by Crippen LogP contribution is 2.28. The van der Waals surface area contributed by atoms with Crippen molar-refractivity contribution in [2.75, 3.05) is 11.1 Å². The Balaban J connectivity index is 1.91. The molecular formula is C17H14FNO4S. The molecule has 1 amide bonds. The van der Waals surface area contributed by atoms with E-state index in [0.717, 1.165) is 0 Å². The summed E-state index contributed by atoms with van der Waals surface area (Å²) in [6.07, 6.45) is -0.0944. The van der Waals surface area contributed by atoms with Gasteiger partial charge in [-0.1, -0.05) is 18.2 Å². The molecule has 1 atom stereocenters. The van der Waals surface area contributed by atoms with Crippen LogP contribution in [-0.2, 0) is 14.6 Å². The largest absolute Gasteiger partial charge is 0.325 e. The van der Waals surface area contributed by atoms with Gasteiger partial charge < -0.3 is 5.32 Å². The number of Topliss-reactive ketones (excluding diaryl/α,β-unsaturated/α-hetero) is 1. The molecule has 0 aromatic heterocycles. The summed E-state index contributed by atoms with van der Waals surface area (Å²) in [5.74, 6) is -2.95. The third kappa shape index (κ3) is 3.07. The third-order valence-electron chi connectivity index (χ3n) is 3.91. The van der Waals surface area contributed by atoms with Crippen molar-refractivity contribution in [1.29, 1.82) is 0 Å². The summed E-state index contributed by atoms with van der Waals surface area (Å²) in [4.78, 5) is 25.0. The Bertz CT molecular complexity index is 906. The van der Waals surface area contributed by atoms with Gasteiger partial charge in [-0.3, -0.25) is 9.59 Å². The van der Waals surface area contributed by atoms with Crippen LogP contribution in [0.25, 0.3) is 0 Å². The zero-order chi connectivity index (χ0) is 17.3. The van der Waals surface area contributed by atoms with Gasteiger partial charge >= 0.3 is 0 Å². The molecule has 0 spiro atoms. The standard InChI is InChI=1S/C17H14FNO4S/c18-11-5-7-12(8-6-11)19-17(21)14-9-10-24(22,23)15-4-2-1-3-13(15)16(14)20/h1-8,14H,9-10H2,(H,19,21). The number of fused-ring (bicyclic) bond motifs is 1. The molecule has 3 rings (SSSR count). The topological polar surface area (TPSA) is 80.3 Å². The summed E-state index contributed by atoms with van der Waals surface area (Å²) < 4.78 is 37.5. The van der Waals surface area contributed by atoms with E-state index in [2.05, 4.69) is 5.32 Å². The van der Waals surface area contributed by atoms with Crippen molar-refractivity contribution in [3.05, 3.63) is 59.9 Å². The van der Waals surface area contributed by atoms with Crippen molar-refractivity contribution in [2.45, 2.75) is 11.3 Å². The minimum absolute atomic E-state index is 0.0351. The lowest BCUT2D eigenvalue weighted by Crippen LogP contribution is -2.30. The zero-order valence-corrected chi connectivity index (χ0v) is 13.3. The maximum atomic E-state index is 12.9. The van der Waals surface area contributed by atoms with Crippen LogP contribution < -0.4 is 5.32 Å². The number of hydrogen-bond acceptors (Lipinski definition) is 4. The summed E-state index contributed by atoms with van der Waals surface area (Å²) in [5, 5.41) is 2.53. The molecule has 0 radical (unpaired) electrons. The molecule has 1 N–H and O–H groups in total. The van der Waals surface area contributed by atoms with E-state index in [0.29, 0.717) is 5.69 Å². The summed E-state index contributed by atoms with van der Waals surface area (Å²) in [6, 6.07) is 11.0. The normalized spacial score (nSPS) is 19.2. The van der Waals surface area contributed by atoms with Gasteiger partial charge in [0, 0.05) is 11.3 Å². The van der Waals surface area contributed by atoms with Crippen LogP contribution in [0.1, 0.15) is 16.8 Å². The smallest absolute Gasteiger partial charge is 0.235 e. The molecular weight excluding hydrogens is 333 g/mol. The molecule has 0 fully saturated rings. The predicted molar refractivity (Wildman–Crippen MR) is 86.0 cm³/mol. The third-order valence-corrected chi connectivity index (χ3v) is 5.71. The minimum Gasteiger partial charge on any atom is -0.325 e. The van der Waals surface area contributed by atoms with Gasteiger partial charge in [0.05, 0.1) is 10.6 Å². The molecule has 1 heterocycles. The van der Waals surface area contributed by atoms with E-state index < -0.39 is 33.3 Å². The van der Waals surface area contributed by atoms with Crippen molar-refractivity contribution in [2.24, 2.45) is 5.92 Å². The van der Waals surface area contributed by atoms with Crippen molar-refractivity contribution in [1.82, 2.24) is 0 Å². The lowest BCUT2D eigenvalue weighted by Gasteiger charge is -2.13. The highest BCUT2D eigenvalue weighted by Gasteiger charge is 2.36. The fourth-order valence-electron chi connectivity index (χ4n) is 2.66. The van der Waals surface area contributed by atoms with Gasteiger partial charge in [0.25, 0.3) is 0 Å². The second-order valence-corrected chi connectivity index (χ2v) is 7.59. The Hall–Kier alpha value is -2.54. The van der Waals surface area contributed by atoms with Crippen molar-refractivity contribution in [3.8, 4) is 0 Å². The van der Waals surface area contributed by atoms with Crippen molar-refractivity contribution < 1.29 is 22.4 Å². The predicted octanol–water partition coefficient (Wildman–Crippen LogP) is 2.44. The van der Waals surface area contributed by atoms with Gasteiger partial charge in [-0.15, -0.1) is 0 Å². The first-order valence-corrected chi connectivity index (χ1v) is 8.96. The maximum absolute atomic E-state index is 12.9. The first-order chi connectivity index (χ1) is 11.4. The van der Waals surface area contributed by atoms with Gasteiger partial charge in [0.2, 0.25) is 5.91 Å². The molecule has 1 unspecified atom stereocenters. The summed E-state index contributed by atoms with van der Waals surface area (Å²) in [6.45, 7) is 0. The average molecular weight is 347 g/mol. The molecule has 124 valence electrons. The Morgan fingerprint density at radius 1 is 1.08 bits per heavy atom. The van der Waals surface area contributed by atoms with Crippen LogP contribution in [0.4, 0.5) is 10.1 Å². The molecule has 7 heteroatoms. The summed E-state index contributed by atoms with van der Waals surface area (Å²) >= 11 is 0. The van der Waals surface area contributed by atoms with E-state index in [1.807, 2.05) is 0 Å². The fraction of sp³-hybridized carbons (Fsp3) is 0.176. The monoisotopic (exact) mass is 347 g/mol. The molecule has 0 saturated carbocycles. The average Bonchev–Trinajstić information content (AvgIpc) is 2.66. The molecule has 2 aromatic rings. The first kappa shape index (κ1) is 16.3. The van der Waals surface area contributed by atoms with Crippen LogP contribution in [0.3, 0.4) is 0 Å². The number of amides is 1. The van der Waals surface area contributed by atoms with E-state index in [1.165, 1.54) is 36.4 Å². The Kier molecular flexibility index (Phi) is 4.19. The number of carbonyl (C=O) groups is 2. The number of sulfone groups is 1. The van der Waals surface area contributed by atoms with Crippen LogP contribution in [0.15, 0.2) is 53.4 Å². The Morgan fingerprint density at radius 3 is 2.46 bits per heavy atom. The van der Waals surface area contributed by atoms with E-state index in [1.54, 1.807) is 12.1 Å². The van der Waals surface area contributed by atoms with Crippen LogP contribution >= 0.6 is 0 Å². The first-order valence-electron chi connectivity index (χ1n) is 7.31. The molecule has 5 nitrogen and oxygen atoms in total. The number of carbonyl (C=O) groups excluding carboxylic acids is 2. The number of nitrogens with one attached hydrogen (secondary N) is 1. The van der Waals surface area contributed by atoms with Crippen LogP contribution in [0.5, 0.6) is 0 Å². The quantitative estimate of drug-likeness (QED) is 0.846. The lowest BCUT2D eigenvalue weighted by atomic mass is 9.94. The number of anilines is 1. The second-order valence-electron chi connectivity index (χ2n) is 5.52. The zero-order valence-electron chi connectivity index (χ0n) is 12.5. The molecule has 0 aliphatic carbocycles. The van der Waals surface area contributed by atoms with Crippen LogP contribution in [0.2, 0.25) is 0 Å². The summed E-state index contributed by atoms with van der Waals surface area (Å²) in [7, 11) is -3.61. The van der Waals surface area contributed by atoms with Crippen LogP contribution in [0, 0.1) is 11.7 Å². The Morgan fingerprint density at radius 2 is 1.75 bits per heavy atom. The number of ketones is 1. The molecule has 0 bridgehead atoms. The second kappa shape index (κ2) is 6.16. The van der Waals surface area contributed by atoms with Crippen LogP contribution in [-0.4, -0.2) is 25.9 Å². The van der Waals surface area contributed by atoms with Gasteiger partial charge in [-0.2, -0.15) is 0 Å². The highest BCUT2D eigenvalue weighted by molar-refractivity contribution is 7.91. The van der Waals surface area contributed by atoms with E-state index in [9.17, 15) is 22.4 Å². The summed E-state index contributed by atoms with van der Waals surface area (Å²) in [5.41, 5.74) is 0.379. The highest BCUT2D eigenvalue weighted by atomic mass is 32.2. The van der Waals surface area contributed by atoms with E-state index >= 15 is 0 Å². The molecule has 1 aliphatic heterocycles. The lowest BCUT2D eigenvalue weighted by molar-refractivity contribution is -0.118. The van der Waals surface area contributed by atoms with E-state index in [4.69, 9.17) is 0 Å². The molecule has 0 saturated heterocycles. The number of benzene rings is 2. The van der Waals surface area contributed by atoms with Crippen molar-refractivity contribution in [3.63, 3.8) is 0 Å². The fourth-order valence-corrected chi connectivity index (χ4v) is 4.21. The van der Waals surface area contributed by atoms with Gasteiger partial charge in [0.15, 0.2) is 15.6 Å². The molecule has 1 aliphatic rings. The number of hydrogen-bond donors (Lipinski definition) is 1. The number of halogens is 1. The maximum Gasteiger partial charge on any atom is 0.235 e.